The zero-order valence-corrected chi connectivity index (χ0v) is 13.5. The first kappa shape index (κ1) is 15.7. The van der Waals surface area contributed by atoms with Crippen LogP contribution in [0.3, 0.4) is 0 Å². The zero-order chi connectivity index (χ0) is 13.5. The van der Waals surface area contributed by atoms with Crippen molar-refractivity contribution < 1.29 is 4.79 Å². The van der Waals surface area contributed by atoms with Crippen molar-refractivity contribution in [3.8, 4) is 0 Å². The van der Waals surface area contributed by atoms with Crippen LogP contribution in [0.2, 0.25) is 0 Å². The number of rotatable bonds is 7. The molecule has 1 aromatic heterocycles. The van der Waals surface area contributed by atoms with Crippen molar-refractivity contribution in [2.24, 2.45) is 5.92 Å². The van der Waals surface area contributed by atoms with Gasteiger partial charge in [0.05, 0.1) is 9.83 Å². The molecule has 102 valence electrons. The highest BCUT2D eigenvalue weighted by molar-refractivity contribution is 9.11. The lowest BCUT2D eigenvalue weighted by Gasteiger charge is -2.14. The molecule has 2 N–H and O–H groups in total. The largest absolute Gasteiger partial charge is 0.355 e. The summed E-state index contributed by atoms with van der Waals surface area (Å²) in [6, 6.07) is 3.93. The minimum absolute atomic E-state index is 0.0753. The van der Waals surface area contributed by atoms with Gasteiger partial charge in [-0.05, 0) is 47.3 Å². The summed E-state index contributed by atoms with van der Waals surface area (Å²) in [5, 5.41) is 6.18. The fourth-order valence-electron chi connectivity index (χ4n) is 1.43. The van der Waals surface area contributed by atoms with E-state index in [1.807, 2.05) is 13.0 Å². The number of nitrogens with one attached hydrogen (secondary N) is 2. The van der Waals surface area contributed by atoms with E-state index >= 15 is 0 Å². The second-order valence-electron chi connectivity index (χ2n) is 4.78. The second kappa shape index (κ2) is 7.92. The molecule has 0 aliphatic carbocycles. The molecule has 1 aromatic rings. The van der Waals surface area contributed by atoms with E-state index in [-0.39, 0.29) is 11.9 Å². The van der Waals surface area contributed by atoms with E-state index in [4.69, 9.17) is 0 Å². The number of hydrogen-bond donors (Lipinski definition) is 2. The van der Waals surface area contributed by atoms with Crippen molar-refractivity contribution in [2.45, 2.75) is 39.8 Å². The maximum atomic E-state index is 11.8. The number of carbonyl (C=O) groups is 1. The van der Waals surface area contributed by atoms with Gasteiger partial charge in [-0.15, -0.1) is 11.3 Å². The van der Waals surface area contributed by atoms with Crippen molar-refractivity contribution in [3.63, 3.8) is 0 Å². The highest BCUT2D eigenvalue weighted by Crippen LogP contribution is 2.21. The Morgan fingerprint density at radius 2 is 2.11 bits per heavy atom. The molecule has 0 saturated heterocycles. The summed E-state index contributed by atoms with van der Waals surface area (Å²) in [5.41, 5.74) is 0. The van der Waals surface area contributed by atoms with E-state index in [2.05, 4.69) is 46.5 Å². The highest BCUT2D eigenvalue weighted by atomic mass is 79.9. The Kier molecular flexibility index (Phi) is 6.89. The molecule has 18 heavy (non-hydrogen) atoms. The molecule has 1 atom stereocenters. The SMILES string of the molecule is CC(C)CCNC(=O)C(C)NCc1ccc(Br)s1. The van der Waals surface area contributed by atoms with E-state index < -0.39 is 0 Å². The van der Waals surface area contributed by atoms with Crippen molar-refractivity contribution in [1.82, 2.24) is 10.6 Å². The van der Waals surface area contributed by atoms with E-state index in [1.54, 1.807) is 11.3 Å². The van der Waals surface area contributed by atoms with Gasteiger partial charge in [-0.2, -0.15) is 0 Å². The van der Waals surface area contributed by atoms with Crippen LogP contribution in [0.5, 0.6) is 0 Å². The van der Waals surface area contributed by atoms with Crippen molar-refractivity contribution in [3.05, 3.63) is 20.8 Å². The molecule has 5 heteroatoms. The van der Waals surface area contributed by atoms with Crippen LogP contribution in [-0.4, -0.2) is 18.5 Å². The normalized spacial score (nSPS) is 12.7. The molecule has 0 bridgehead atoms. The van der Waals surface area contributed by atoms with Crippen LogP contribution in [0.4, 0.5) is 0 Å². The maximum Gasteiger partial charge on any atom is 0.236 e. The predicted molar refractivity (Wildman–Crippen MR) is 80.8 cm³/mol. The molecule has 0 radical (unpaired) electrons. The minimum atomic E-state index is -0.155. The molecule has 1 unspecified atom stereocenters. The molecule has 1 amide bonds. The smallest absolute Gasteiger partial charge is 0.236 e. The molecule has 0 aromatic carbocycles. The standard InChI is InChI=1S/C13H21BrN2OS/c1-9(2)6-7-15-13(17)10(3)16-8-11-4-5-12(14)18-11/h4-5,9-10,16H,6-8H2,1-3H3,(H,15,17). The lowest BCUT2D eigenvalue weighted by atomic mass is 10.1. The Bertz CT molecular complexity index is 379. The van der Waals surface area contributed by atoms with Gasteiger partial charge in [0.2, 0.25) is 5.91 Å². The first-order chi connectivity index (χ1) is 8.49. The van der Waals surface area contributed by atoms with Gasteiger partial charge >= 0.3 is 0 Å². The Balaban J connectivity index is 2.23. The van der Waals surface area contributed by atoms with Crippen LogP contribution in [0.25, 0.3) is 0 Å². The average Bonchev–Trinajstić information content (AvgIpc) is 2.71. The molecule has 0 saturated carbocycles. The molecule has 1 rings (SSSR count). The molecule has 3 nitrogen and oxygen atoms in total. The summed E-state index contributed by atoms with van der Waals surface area (Å²) in [6.45, 7) is 7.69. The summed E-state index contributed by atoms with van der Waals surface area (Å²) in [6.07, 6.45) is 1.02. The summed E-state index contributed by atoms with van der Waals surface area (Å²) < 4.78 is 1.12. The van der Waals surface area contributed by atoms with Crippen LogP contribution in [0.15, 0.2) is 15.9 Å². The van der Waals surface area contributed by atoms with Gasteiger partial charge in [0.15, 0.2) is 0 Å². The monoisotopic (exact) mass is 332 g/mol. The topological polar surface area (TPSA) is 41.1 Å². The fourth-order valence-corrected chi connectivity index (χ4v) is 2.86. The third-order valence-electron chi connectivity index (χ3n) is 2.63. The van der Waals surface area contributed by atoms with Crippen LogP contribution in [-0.2, 0) is 11.3 Å². The quantitative estimate of drug-likeness (QED) is 0.805. The first-order valence-electron chi connectivity index (χ1n) is 6.24. The van der Waals surface area contributed by atoms with E-state index in [9.17, 15) is 4.79 Å². The zero-order valence-electron chi connectivity index (χ0n) is 11.1. The van der Waals surface area contributed by atoms with E-state index in [0.29, 0.717) is 5.92 Å². The Labute approximate surface area is 121 Å². The maximum absolute atomic E-state index is 11.8. The van der Waals surface area contributed by atoms with Gasteiger partial charge in [-0.3, -0.25) is 4.79 Å². The number of carbonyl (C=O) groups excluding carboxylic acids is 1. The molecule has 0 fully saturated rings. The number of thiophene rings is 1. The van der Waals surface area contributed by atoms with Crippen molar-refractivity contribution in [1.29, 1.82) is 0 Å². The number of hydrogen-bond acceptors (Lipinski definition) is 3. The lowest BCUT2D eigenvalue weighted by molar-refractivity contribution is -0.122. The highest BCUT2D eigenvalue weighted by Gasteiger charge is 2.11. The van der Waals surface area contributed by atoms with Crippen LogP contribution < -0.4 is 10.6 Å². The van der Waals surface area contributed by atoms with E-state index in [0.717, 1.165) is 23.3 Å². The Morgan fingerprint density at radius 3 is 2.67 bits per heavy atom. The predicted octanol–water partition coefficient (Wildman–Crippen LogP) is 3.15. The molecule has 0 spiro atoms. The average molecular weight is 333 g/mol. The molecular formula is C13H21BrN2OS. The Morgan fingerprint density at radius 1 is 1.39 bits per heavy atom. The minimum Gasteiger partial charge on any atom is -0.355 e. The van der Waals surface area contributed by atoms with Gasteiger partial charge in [0.25, 0.3) is 0 Å². The molecule has 1 heterocycles. The van der Waals surface area contributed by atoms with Crippen LogP contribution in [0.1, 0.15) is 32.1 Å². The number of amides is 1. The summed E-state index contributed by atoms with van der Waals surface area (Å²) in [4.78, 5) is 13.0. The van der Waals surface area contributed by atoms with Crippen LogP contribution in [0, 0.1) is 5.92 Å². The second-order valence-corrected chi connectivity index (χ2v) is 7.33. The Hall–Kier alpha value is -0.390. The van der Waals surface area contributed by atoms with Crippen molar-refractivity contribution in [2.75, 3.05) is 6.54 Å². The van der Waals surface area contributed by atoms with Crippen LogP contribution >= 0.6 is 27.3 Å². The summed E-state index contributed by atoms with van der Waals surface area (Å²) in [7, 11) is 0. The fraction of sp³-hybridized carbons (Fsp3) is 0.615. The van der Waals surface area contributed by atoms with Gasteiger partial charge in [-0.25, -0.2) is 0 Å². The third kappa shape index (κ3) is 5.98. The molecular weight excluding hydrogens is 312 g/mol. The van der Waals surface area contributed by atoms with Gasteiger partial charge < -0.3 is 10.6 Å². The van der Waals surface area contributed by atoms with Gasteiger partial charge in [0.1, 0.15) is 0 Å². The third-order valence-corrected chi connectivity index (χ3v) is 4.25. The lowest BCUT2D eigenvalue weighted by Crippen LogP contribution is -2.42. The summed E-state index contributed by atoms with van der Waals surface area (Å²) >= 11 is 5.11. The van der Waals surface area contributed by atoms with Gasteiger partial charge in [0, 0.05) is 18.0 Å². The molecule has 0 aliphatic rings. The van der Waals surface area contributed by atoms with Gasteiger partial charge in [-0.1, -0.05) is 13.8 Å². The number of halogens is 1. The first-order valence-corrected chi connectivity index (χ1v) is 7.85. The van der Waals surface area contributed by atoms with E-state index in [1.165, 1.54) is 4.88 Å². The summed E-state index contributed by atoms with van der Waals surface area (Å²) in [5.74, 6) is 0.698. The van der Waals surface area contributed by atoms with Crippen molar-refractivity contribution >= 4 is 33.2 Å². The molecule has 0 aliphatic heterocycles.